The number of carbonyl (C=O) groups is 4. The van der Waals surface area contributed by atoms with Crippen LogP contribution in [0, 0.1) is 37.5 Å². The smallest absolute Gasteiger partial charge is 0.397 e. The van der Waals surface area contributed by atoms with E-state index in [1.807, 2.05) is 25.7 Å². The van der Waals surface area contributed by atoms with Crippen LogP contribution in [0.2, 0.25) is 18.1 Å². The van der Waals surface area contributed by atoms with E-state index in [1.165, 1.54) is 6.08 Å². The van der Waals surface area contributed by atoms with Crippen LogP contribution in [0.4, 0.5) is 0 Å². The highest BCUT2D eigenvalue weighted by Crippen LogP contribution is 2.44. The van der Waals surface area contributed by atoms with E-state index in [1.54, 1.807) is 6.92 Å². The number of nitrogens with zero attached hydrogens (tertiary/aromatic N) is 1. The molecule has 0 aromatic rings. The molecular weight excluding hydrogens is 446 g/mol. The van der Waals surface area contributed by atoms with Crippen LogP contribution in [0.3, 0.4) is 0 Å². The van der Waals surface area contributed by atoms with Crippen molar-refractivity contribution >= 4 is 43.0 Å². The van der Waals surface area contributed by atoms with E-state index in [0.717, 1.165) is 22.6 Å². The van der Waals surface area contributed by atoms with Crippen molar-refractivity contribution in [2.24, 2.45) is 5.92 Å². The Labute approximate surface area is 196 Å². The molecule has 2 amide bonds. The molecule has 1 aliphatic heterocycles. The Bertz CT molecular complexity index is 756. The normalized spacial score (nSPS) is 22.9. The first-order valence-corrected chi connectivity index (χ1v) is 14.3. The van der Waals surface area contributed by atoms with Crippen LogP contribution >= 0.6 is 11.8 Å². The zero-order valence-electron chi connectivity index (χ0n) is 19.5. The lowest BCUT2D eigenvalue weighted by molar-refractivity contribution is -0.174. The fourth-order valence-corrected chi connectivity index (χ4v) is 5.88. The van der Waals surface area contributed by atoms with Gasteiger partial charge in [-0.1, -0.05) is 45.2 Å². The Morgan fingerprint density at radius 2 is 1.84 bits per heavy atom. The molecule has 0 unspecified atom stereocenters. The van der Waals surface area contributed by atoms with Crippen molar-refractivity contribution in [1.82, 2.24) is 4.90 Å². The van der Waals surface area contributed by atoms with Crippen LogP contribution in [0.15, 0.2) is 12.7 Å². The number of ether oxygens (including phenoxy) is 1. The Balaban J connectivity index is 2.18. The van der Waals surface area contributed by atoms with Gasteiger partial charge in [0.15, 0.2) is 13.4 Å². The topological polar surface area (TPSA) is 90.0 Å². The fourth-order valence-electron chi connectivity index (χ4n) is 3.14. The van der Waals surface area contributed by atoms with Crippen LogP contribution in [0.5, 0.6) is 0 Å². The molecule has 2 rings (SSSR count). The molecule has 0 aromatic carbocycles. The Kier molecular flexibility index (Phi) is 8.92. The first-order valence-electron chi connectivity index (χ1n) is 10.5. The molecule has 1 saturated carbocycles. The number of likely N-dealkylation sites (tertiary alicyclic amines) is 1. The minimum absolute atomic E-state index is 0.0751. The van der Waals surface area contributed by atoms with Gasteiger partial charge in [-0.05, 0) is 56.7 Å². The Hall–Kier alpha value is -1.45. The number of thioether (sulfide) groups is 1. The lowest BCUT2D eigenvalue weighted by Gasteiger charge is -2.49. The highest BCUT2D eigenvalue weighted by atomic mass is 32.2. The number of hydrogen-bond acceptors (Lipinski definition) is 7. The maximum atomic E-state index is 13.0. The van der Waals surface area contributed by atoms with Gasteiger partial charge < -0.3 is 9.16 Å². The summed E-state index contributed by atoms with van der Waals surface area (Å²) in [5.41, 5.74) is 0. The summed E-state index contributed by atoms with van der Waals surface area (Å²) in [4.78, 5) is 51.2. The van der Waals surface area contributed by atoms with Crippen molar-refractivity contribution in [1.29, 1.82) is 0 Å². The molecule has 2 fully saturated rings. The number of amides is 2. The molecule has 7 nitrogen and oxygen atoms in total. The van der Waals surface area contributed by atoms with Gasteiger partial charge in [-0.15, -0.1) is 0 Å². The molecule has 0 spiro atoms. The highest BCUT2D eigenvalue weighted by Gasteiger charge is 2.57. The second-order valence-corrected chi connectivity index (χ2v) is 15.3. The minimum atomic E-state index is -2.21. The van der Waals surface area contributed by atoms with Gasteiger partial charge in [0.2, 0.25) is 5.91 Å². The summed E-state index contributed by atoms with van der Waals surface area (Å²) >= 11 is 0.889. The molecule has 175 valence electrons. The molecule has 2 aliphatic rings. The number of carbonyl (C=O) groups excluding carboxylic acids is 4. The molecule has 1 saturated heterocycles. The number of β-lactam (4-membered cyclic amide) rings is 1. The maximum Gasteiger partial charge on any atom is 0.397 e. The Morgan fingerprint density at radius 3 is 2.38 bits per heavy atom. The predicted octanol–water partition coefficient (Wildman–Crippen LogP) is 3.49. The maximum absolute atomic E-state index is 13.0. The van der Waals surface area contributed by atoms with Gasteiger partial charge in [-0.2, -0.15) is 0 Å². The van der Waals surface area contributed by atoms with Crippen molar-refractivity contribution in [3.8, 4) is 0 Å². The van der Waals surface area contributed by atoms with Crippen molar-refractivity contribution in [2.75, 3.05) is 6.61 Å². The zero-order valence-corrected chi connectivity index (χ0v) is 21.4. The molecule has 0 bridgehead atoms. The summed E-state index contributed by atoms with van der Waals surface area (Å²) in [7, 11) is -2.21. The highest BCUT2D eigenvalue weighted by molar-refractivity contribution is 8.14. The van der Waals surface area contributed by atoms with E-state index in [0.29, 0.717) is 0 Å². The third-order valence-electron chi connectivity index (χ3n) is 5.93. The molecular formula is C23H32NO6SSi. The molecule has 5 radical (unpaired) electrons. The van der Waals surface area contributed by atoms with Gasteiger partial charge in [0.25, 0.3) is 0 Å². The first kappa shape index (κ1) is 26.8. The van der Waals surface area contributed by atoms with Crippen molar-refractivity contribution in [3.63, 3.8) is 0 Å². The molecule has 1 aliphatic carbocycles. The number of hydrogen-bond donors (Lipinski definition) is 0. The number of esters is 1. The summed E-state index contributed by atoms with van der Waals surface area (Å²) < 4.78 is 11.2. The quantitative estimate of drug-likeness (QED) is 0.173. The van der Waals surface area contributed by atoms with Crippen LogP contribution in [0.1, 0.15) is 34.1 Å². The summed E-state index contributed by atoms with van der Waals surface area (Å²) in [6, 6.07) is 0. The monoisotopic (exact) mass is 478 g/mol. The molecule has 1 heterocycles. The lowest BCUT2D eigenvalue weighted by atomic mass is 9.92. The van der Waals surface area contributed by atoms with E-state index in [2.05, 4.69) is 40.4 Å². The molecule has 32 heavy (non-hydrogen) atoms. The molecule has 9 heteroatoms. The predicted molar refractivity (Wildman–Crippen MR) is 126 cm³/mol. The molecule has 0 N–H and O–H groups in total. The van der Waals surface area contributed by atoms with Gasteiger partial charge in [0, 0.05) is 6.42 Å². The van der Waals surface area contributed by atoms with E-state index in [-0.39, 0.29) is 23.2 Å². The summed E-state index contributed by atoms with van der Waals surface area (Å²) in [5.74, 6) is -2.63. The van der Waals surface area contributed by atoms with E-state index in [9.17, 15) is 19.2 Å². The molecule has 0 aromatic heterocycles. The summed E-state index contributed by atoms with van der Waals surface area (Å²) in [6.45, 7) is 15.5. The number of rotatable bonds is 8. The van der Waals surface area contributed by atoms with Gasteiger partial charge in [-0.3, -0.25) is 19.3 Å². The molecule has 3 atom stereocenters. The van der Waals surface area contributed by atoms with Crippen LogP contribution < -0.4 is 0 Å². The van der Waals surface area contributed by atoms with Gasteiger partial charge >= 0.3 is 11.9 Å². The van der Waals surface area contributed by atoms with Crippen molar-refractivity contribution in [3.05, 3.63) is 44.3 Å². The van der Waals surface area contributed by atoms with Crippen LogP contribution in [-0.4, -0.2) is 54.2 Å². The summed E-state index contributed by atoms with van der Waals surface area (Å²) in [6.07, 6.45) is 8.32. The average Bonchev–Trinajstić information content (AvgIpc) is 3.17. The lowest BCUT2D eigenvalue weighted by Crippen LogP contribution is -2.67. The SMILES string of the molecule is C=CCOC(=O)C(=O)N1C(=O)[C@H]([C@@H](C)O[Si](C)(C)C(C)(C)C)[C@H]1SC(=O)C[C]1[CH][CH][CH][CH]1. The Morgan fingerprint density at radius 1 is 1.25 bits per heavy atom. The third kappa shape index (κ3) is 6.11. The summed E-state index contributed by atoms with van der Waals surface area (Å²) in [5, 5.41) is -1.10. The fraction of sp³-hybridized carbons (Fsp3) is 0.522. The first-order chi connectivity index (χ1) is 14.8. The van der Waals surface area contributed by atoms with Gasteiger partial charge in [0.1, 0.15) is 12.0 Å². The second-order valence-electron chi connectivity index (χ2n) is 9.36. The third-order valence-corrected chi connectivity index (χ3v) is 11.7. The van der Waals surface area contributed by atoms with E-state index < -0.39 is 43.5 Å². The van der Waals surface area contributed by atoms with Crippen LogP contribution in [0.25, 0.3) is 0 Å². The van der Waals surface area contributed by atoms with Gasteiger partial charge in [0.05, 0.1) is 12.0 Å². The average molecular weight is 479 g/mol. The van der Waals surface area contributed by atoms with E-state index in [4.69, 9.17) is 9.16 Å². The van der Waals surface area contributed by atoms with Gasteiger partial charge in [-0.25, -0.2) is 4.79 Å². The van der Waals surface area contributed by atoms with Crippen molar-refractivity contribution in [2.45, 2.75) is 63.7 Å². The van der Waals surface area contributed by atoms with Crippen molar-refractivity contribution < 1.29 is 28.3 Å². The second kappa shape index (κ2) is 10.7. The minimum Gasteiger partial charge on any atom is -0.454 e. The largest absolute Gasteiger partial charge is 0.454 e. The van der Waals surface area contributed by atoms with Crippen LogP contribution in [-0.2, 0) is 28.3 Å². The standard InChI is InChI=1S/C23H32NO6SSi/c1-8-13-29-22(28)20(27)24-19(26)18(15(2)30-32(6,7)23(3,4)5)21(24)31-17(25)14-16-11-9-10-12-16/h8-12,15,18,21H,1,13-14H2,2-7H3/t15-,18+,21-/m1/s1. The zero-order chi connectivity index (χ0) is 24.3. The van der Waals surface area contributed by atoms with E-state index >= 15 is 0 Å². The number of imide groups is 1.